The zero-order chi connectivity index (χ0) is 23.4. The lowest BCUT2D eigenvalue weighted by molar-refractivity contribution is -0.181. The minimum Gasteiger partial charge on any atom is -0.394 e. The van der Waals surface area contributed by atoms with Crippen molar-refractivity contribution in [3.63, 3.8) is 0 Å². The summed E-state index contributed by atoms with van der Waals surface area (Å²) >= 11 is 0. The normalized spacial score (nSPS) is 33.1. The molecule has 5 aliphatic rings. The molecule has 5 atom stereocenters. The van der Waals surface area contributed by atoms with E-state index in [-0.39, 0.29) is 30.4 Å². The van der Waals surface area contributed by atoms with E-state index in [0.29, 0.717) is 22.4 Å². The van der Waals surface area contributed by atoms with Crippen molar-refractivity contribution in [2.24, 2.45) is 0 Å². The fraction of sp³-hybridized carbons (Fsp3) is 0.333. The molecule has 0 saturated carbocycles. The first-order valence-corrected chi connectivity index (χ1v) is 11.2. The molecule has 5 aliphatic heterocycles. The van der Waals surface area contributed by atoms with Gasteiger partial charge < -0.3 is 15.2 Å². The second-order valence-electron chi connectivity index (χ2n) is 9.39. The molecule has 2 aromatic carbocycles. The number of nitrogens with zero attached hydrogens (tertiary/aromatic N) is 3. The van der Waals surface area contributed by atoms with Crippen molar-refractivity contribution in [1.29, 1.82) is 0 Å². The Kier molecular flexibility index (Phi) is 3.67. The fourth-order valence-electron chi connectivity index (χ4n) is 6.10. The Morgan fingerprint density at radius 1 is 1.15 bits per heavy atom. The topological polar surface area (TPSA) is 126 Å². The van der Waals surface area contributed by atoms with Gasteiger partial charge in [-0.1, -0.05) is 30.3 Å². The molecule has 172 valence electrons. The van der Waals surface area contributed by atoms with Crippen LogP contribution in [0.15, 0.2) is 53.3 Å². The third kappa shape index (κ3) is 2.20. The van der Waals surface area contributed by atoms with Crippen molar-refractivity contribution in [2.75, 3.05) is 11.5 Å². The van der Waals surface area contributed by atoms with E-state index < -0.39 is 29.6 Å². The van der Waals surface area contributed by atoms with Gasteiger partial charge in [-0.05, 0) is 25.1 Å². The van der Waals surface area contributed by atoms with E-state index in [9.17, 15) is 19.5 Å². The monoisotopic (exact) mass is 459 g/mol. The van der Waals surface area contributed by atoms with Gasteiger partial charge in [0.15, 0.2) is 11.5 Å². The molecule has 8 rings (SSSR count). The van der Waals surface area contributed by atoms with Crippen molar-refractivity contribution >= 4 is 28.4 Å². The van der Waals surface area contributed by atoms with Gasteiger partial charge in [0.25, 0.3) is 5.56 Å². The van der Waals surface area contributed by atoms with E-state index in [1.54, 1.807) is 36.1 Å². The number of aliphatic hydroxyl groups is 1. The van der Waals surface area contributed by atoms with Crippen molar-refractivity contribution in [2.45, 2.75) is 42.9 Å². The Hall–Kier alpha value is -3.60. The predicted octanol–water partition coefficient (Wildman–Crippen LogP) is 0.193. The lowest BCUT2D eigenvalue weighted by Crippen LogP contribution is -2.57. The molecule has 1 aromatic heterocycles. The number of anilines is 1. The maximum Gasteiger partial charge on any atom is 0.262 e. The van der Waals surface area contributed by atoms with Gasteiger partial charge in [-0.25, -0.2) is 4.98 Å². The maximum absolute atomic E-state index is 13.6. The van der Waals surface area contributed by atoms with Gasteiger partial charge in [-0.3, -0.25) is 29.2 Å². The summed E-state index contributed by atoms with van der Waals surface area (Å²) in [6.07, 6.45) is -0.554. The number of ether oxygens (including phenoxy) is 1. The number of hydrogen-bond donors (Lipinski definition) is 3. The summed E-state index contributed by atoms with van der Waals surface area (Å²) in [5, 5.41) is 16.4. The van der Waals surface area contributed by atoms with E-state index in [1.807, 2.05) is 24.3 Å². The van der Waals surface area contributed by atoms with Gasteiger partial charge in [0.1, 0.15) is 23.9 Å². The SMILES string of the molecule is C[C@@]12NC(=O)[C@@H](C[C@]3(O1)c1ccccc1N1C(=O)[C@H](CO)N[C@@H]13)n1c2nc2ccccc2c1=O. The highest BCUT2D eigenvalue weighted by Crippen LogP contribution is 2.56. The third-order valence-corrected chi connectivity index (χ3v) is 7.49. The molecule has 2 bridgehead atoms. The highest BCUT2D eigenvalue weighted by molar-refractivity contribution is 6.03. The number of carbonyl (C=O) groups excluding carboxylic acids is 2. The third-order valence-electron chi connectivity index (χ3n) is 7.49. The van der Waals surface area contributed by atoms with Crippen molar-refractivity contribution < 1.29 is 19.4 Å². The first-order valence-electron chi connectivity index (χ1n) is 11.2. The van der Waals surface area contributed by atoms with Gasteiger partial charge in [0.05, 0.1) is 23.2 Å². The van der Waals surface area contributed by atoms with Crippen LogP contribution < -0.4 is 21.1 Å². The summed E-state index contributed by atoms with van der Waals surface area (Å²) in [5.41, 5.74) is -0.982. The molecule has 1 spiro atoms. The molecular formula is C24H21N5O5. The van der Waals surface area contributed by atoms with E-state index in [0.717, 1.165) is 5.56 Å². The number of fused-ring (bicyclic) bond motifs is 5. The van der Waals surface area contributed by atoms with Crippen LogP contribution in [0.3, 0.4) is 0 Å². The lowest BCUT2D eigenvalue weighted by Gasteiger charge is -2.40. The highest BCUT2D eigenvalue weighted by atomic mass is 16.5. The van der Waals surface area contributed by atoms with Crippen LogP contribution in [0.1, 0.15) is 30.8 Å². The molecule has 0 unspecified atom stereocenters. The molecule has 10 heteroatoms. The van der Waals surface area contributed by atoms with E-state index >= 15 is 0 Å². The van der Waals surface area contributed by atoms with Crippen LogP contribution in [0.2, 0.25) is 0 Å². The van der Waals surface area contributed by atoms with Gasteiger partial charge >= 0.3 is 0 Å². The largest absolute Gasteiger partial charge is 0.394 e. The van der Waals surface area contributed by atoms with Crippen molar-refractivity contribution in [1.82, 2.24) is 20.2 Å². The van der Waals surface area contributed by atoms with E-state index in [4.69, 9.17) is 9.72 Å². The maximum atomic E-state index is 13.6. The van der Waals surface area contributed by atoms with Crippen LogP contribution in [0.4, 0.5) is 5.69 Å². The summed E-state index contributed by atoms with van der Waals surface area (Å²) in [4.78, 5) is 46.4. The lowest BCUT2D eigenvalue weighted by atomic mass is 9.86. The number of para-hydroxylation sites is 2. The Bertz CT molecular complexity index is 1490. The van der Waals surface area contributed by atoms with Crippen LogP contribution >= 0.6 is 0 Å². The molecular weight excluding hydrogens is 438 g/mol. The fourth-order valence-corrected chi connectivity index (χ4v) is 6.10. The Balaban J connectivity index is 1.51. The van der Waals surface area contributed by atoms with Crippen LogP contribution in [0.5, 0.6) is 0 Å². The Morgan fingerprint density at radius 3 is 2.74 bits per heavy atom. The second-order valence-corrected chi connectivity index (χ2v) is 9.39. The molecule has 3 aromatic rings. The zero-order valence-corrected chi connectivity index (χ0v) is 18.2. The quantitative estimate of drug-likeness (QED) is 0.474. The van der Waals surface area contributed by atoms with E-state index in [1.165, 1.54) is 4.57 Å². The van der Waals surface area contributed by atoms with E-state index in [2.05, 4.69) is 10.6 Å². The van der Waals surface area contributed by atoms with Crippen LogP contribution in [-0.4, -0.2) is 45.3 Å². The molecule has 0 aliphatic carbocycles. The molecule has 2 saturated heterocycles. The molecule has 3 N–H and O–H groups in total. The number of amides is 2. The molecule has 34 heavy (non-hydrogen) atoms. The predicted molar refractivity (Wildman–Crippen MR) is 120 cm³/mol. The van der Waals surface area contributed by atoms with Gasteiger partial charge in [0, 0.05) is 12.0 Å². The van der Waals surface area contributed by atoms with Crippen LogP contribution in [0.25, 0.3) is 10.9 Å². The van der Waals surface area contributed by atoms with Gasteiger partial charge in [-0.15, -0.1) is 0 Å². The second kappa shape index (κ2) is 6.29. The van der Waals surface area contributed by atoms with Crippen LogP contribution in [-0.2, 0) is 25.7 Å². The van der Waals surface area contributed by atoms with Gasteiger partial charge in [-0.2, -0.15) is 0 Å². The molecule has 0 radical (unpaired) electrons. The summed E-state index contributed by atoms with van der Waals surface area (Å²) < 4.78 is 8.27. The average Bonchev–Trinajstić information content (AvgIpc) is 3.21. The summed E-state index contributed by atoms with van der Waals surface area (Å²) in [5.74, 6) is -0.290. The number of rotatable bonds is 1. The molecule has 2 amide bonds. The summed E-state index contributed by atoms with van der Waals surface area (Å²) in [7, 11) is 0. The summed E-state index contributed by atoms with van der Waals surface area (Å²) in [6.45, 7) is 1.32. The summed E-state index contributed by atoms with van der Waals surface area (Å²) in [6, 6.07) is 12.7. The minimum atomic E-state index is -1.43. The minimum absolute atomic E-state index is 0.109. The van der Waals surface area contributed by atoms with Gasteiger partial charge in [0.2, 0.25) is 11.8 Å². The van der Waals surface area contributed by atoms with Crippen molar-refractivity contribution in [3.05, 3.63) is 70.3 Å². The number of hydrogen-bond acceptors (Lipinski definition) is 7. The average molecular weight is 459 g/mol. The number of nitrogens with one attached hydrogen (secondary N) is 2. The number of benzene rings is 2. The molecule has 10 nitrogen and oxygen atoms in total. The first kappa shape index (κ1) is 19.8. The molecule has 2 fully saturated rings. The number of aromatic nitrogens is 2. The zero-order valence-electron chi connectivity index (χ0n) is 18.2. The smallest absolute Gasteiger partial charge is 0.262 e. The number of aliphatic hydroxyl groups excluding tert-OH is 1. The first-order chi connectivity index (χ1) is 16.4. The van der Waals surface area contributed by atoms with Crippen molar-refractivity contribution in [3.8, 4) is 0 Å². The number of carbonyl (C=O) groups is 2. The Morgan fingerprint density at radius 2 is 1.91 bits per heavy atom. The Labute approximate surface area is 193 Å². The standard InChI is InChI=1S/C24H21N5O5/c1-23-21-25-14-8-4-2-6-12(14)19(32)29(21)17(18(31)27-23)10-24(34-23)13-7-3-5-9-16(13)28-20(33)15(11-30)26-22(24)28/h2-9,15,17,22,26,30H,10-11H2,1H3,(H,27,31)/t15-,17+,22-,23+,24-/m0/s1. The van der Waals surface area contributed by atoms with Crippen LogP contribution in [0, 0.1) is 0 Å². The highest BCUT2D eigenvalue weighted by Gasteiger charge is 2.66. The molecule has 6 heterocycles.